The number of aryl methyl sites for hydroxylation is 1. The molecule has 4 nitrogen and oxygen atoms in total. The van der Waals surface area contributed by atoms with E-state index in [1.165, 1.54) is 0 Å². The highest BCUT2D eigenvalue weighted by atomic mass is 16.1. The minimum absolute atomic E-state index is 0.000556. The number of anilines is 1. The molecule has 0 bridgehead atoms. The zero-order valence-electron chi connectivity index (χ0n) is 7.87. The molecule has 1 aromatic heterocycles. The van der Waals surface area contributed by atoms with Crippen LogP contribution in [0.4, 0.5) is 5.82 Å². The van der Waals surface area contributed by atoms with Crippen LogP contribution in [0.3, 0.4) is 0 Å². The van der Waals surface area contributed by atoms with E-state index in [0.717, 1.165) is 6.42 Å². The van der Waals surface area contributed by atoms with Crippen molar-refractivity contribution >= 4 is 11.7 Å². The van der Waals surface area contributed by atoms with E-state index in [9.17, 15) is 4.79 Å². The van der Waals surface area contributed by atoms with Crippen LogP contribution in [0, 0.1) is 6.92 Å². The SMILES string of the molecule is CCCC(=O)Nc1ccnc(C)n1. The van der Waals surface area contributed by atoms with Crippen LogP contribution in [0.15, 0.2) is 12.3 Å². The molecule has 0 saturated carbocycles. The van der Waals surface area contributed by atoms with E-state index in [2.05, 4.69) is 15.3 Å². The van der Waals surface area contributed by atoms with Crippen molar-refractivity contribution in [1.29, 1.82) is 0 Å². The lowest BCUT2D eigenvalue weighted by atomic mass is 10.3. The number of amides is 1. The van der Waals surface area contributed by atoms with Gasteiger partial charge in [-0.1, -0.05) is 6.92 Å². The lowest BCUT2D eigenvalue weighted by Gasteiger charge is -2.02. The Morgan fingerprint density at radius 3 is 3.00 bits per heavy atom. The Labute approximate surface area is 77.4 Å². The first kappa shape index (κ1) is 9.64. The highest BCUT2D eigenvalue weighted by molar-refractivity contribution is 5.89. The van der Waals surface area contributed by atoms with Crippen LogP contribution in [0.5, 0.6) is 0 Å². The highest BCUT2D eigenvalue weighted by Gasteiger charge is 2.01. The first-order valence-corrected chi connectivity index (χ1v) is 4.32. The van der Waals surface area contributed by atoms with Crippen molar-refractivity contribution < 1.29 is 4.79 Å². The van der Waals surface area contributed by atoms with E-state index in [0.29, 0.717) is 18.1 Å². The van der Waals surface area contributed by atoms with Crippen LogP contribution in [0.25, 0.3) is 0 Å². The molecule has 4 heteroatoms. The molecule has 0 aromatic carbocycles. The summed E-state index contributed by atoms with van der Waals surface area (Å²) in [5, 5.41) is 2.69. The summed E-state index contributed by atoms with van der Waals surface area (Å²) in [5.41, 5.74) is 0. The summed E-state index contributed by atoms with van der Waals surface area (Å²) < 4.78 is 0. The van der Waals surface area contributed by atoms with Gasteiger partial charge in [0.1, 0.15) is 11.6 Å². The number of aromatic nitrogens is 2. The van der Waals surface area contributed by atoms with Crippen LogP contribution in [0.2, 0.25) is 0 Å². The quantitative estimate of drug-likeness (QED) is 0.765. The molecule has 13 heavy (non-hydrogen) atoms. The molecule has 1 heterocycles. The second-order valence-electron chi connectivity index (χ2n) is 2.79. The molecule has 0 aliphatic carbocycles. The average molecular weight is 179 g/mol. The van der Waals surface area contributed by atoms with Crippen molar-refractivity contribution in [3.8, 4) is 0 Å². The van der Waals surface area contributed by atoms with E-state index >= 15 is 0 Å². The van der Waals surface area contributed by atoms with Crippen molar-refractivity contribution in [2.75, 3.05) is 5.32 Å². The first-order valence-electron chi connectivity index (χ1n) is 4.32. The van der Waals surface area contributed by atoms with E-state index < -0.39 is 0 Å². The minimum Gasteiger partial charge on any atom is -0.311 e. The van der Waals surface area contributed by atoms with Crippen LogP contribution >= 0.6 is 0 Å². The van der Waals surface area contributed by atoms with Crippen LogP contribution in [-0.2, 0) is 4.79 Å². The molecule has 0 aliphatic rings. The van der Waals surface area contributed by atoms with Crippen LogP contribution in [0.1, 0.15) is 25.6 Å². The van der Waals surface area contributed by atoms with Gasteiger partial charge in [-0.25, -0.2) is 9.97 Å². The van der Waals surface area contributed by atoms with Gasteiger partial charge in [0, 0.05) is 12.6 Å². The molecule has 0 spiro atoms. The molecule has 1 aromatic rings. The third kappa shape index (κ3) is 3.19. The van der Waals surface area contributed by atoms with Crippen molar-refractivity contribution in [2.45, 2.75) is 26.7 Å². The van der Waals surface area contributed by atoms with Crippen molar-refractivity contribution in [1.82, 2.24) is 9.97 Å². The van der Waals surface area contributed by atoms with Crippen LogP contribution in [-0.4, -0.2) is 15.9 Å². The molecule has 1 rings (SSSR count). The summed E-state index contributed by atoms with van der Waals surface area (Å²) in [5.74, 6) is 1.24. The molecule has 0 aliphatic heterocycles. The lowest BCUT2D eigenvalue weighted by molar-refractivity contribution is -0.116. The molecular weight excluding hydrogens is 166 g/mol. The minimum atomic E-state index is 0.000556. The Bertz CT molecular complexity index is 299. The third-order valence-electron chi connectivity index (χ3n) is 1.52. The largest absolute Gasteiger partial charge is 0.311 e. The molecule has 0 atom stereocenters. The van der Waals surface area contributed by atoms with Crippen molar-refractivity contribution in [2.24, 2.45) is 0 Å². The Hall–Kier alpha value is -1.45. The number of carbonyl (C=O) groups is 1. The Kier molecular flexibility index (Phi) is 3.37. The van der Waals surface area contributed by atoms with E-state index in [1.807, 2.05) is 6.92 Å². The molecule has 0 unspecified atom stereocenters. The smallest absolute Gasteiger partial charge is 0.225 e. The Morgan fingerprint density at radius 2 is 2.38 bits per heavy atom. The maximum Gasteiger partial charge on any atom is 0.225 e. The maximum atomic E-state index is 11.2. The van der Waals surface area contributed by atoms with Crippen LogP contribution < -0.4 is 5.32 Å². The summed E-state index contributed by atoms with van der Waals surface area (Å²) in [4.78, 5) is 19.1. The number of hydrogen-bond acceptors (Lipinski definition) is 3. The molecule has 0 radical (unpaired) electrons. The fourth-order valence-corrected chi connectivity index (χ4v) is 0.958. The Morgan fingerprint density at radius 1 is 1.62 bits per heavy atom. The van der Waals surface area contributed by atoms with Gasteiger partial charge in [-0.15, -0.1) is 0 Å². The number of rotatable bonds is 3. The second kappa shape index (κ2) is 4.54. The number of carbonyl (C=O) groups excluding carboxylic acids is 1. The normalized spacial score (nSPS) is 9.69. The fourth-order valence-electron chi connectivity index (χ4n) is 0.958. The molecule has 1 amide bonds. The number of hydrogen-bond donors (Lipinski definition) is 1. The van der Waals surface area contributed by atoms with E-state index in [4.69, 9.17) is 0 Å². The topological polar surface area (TPSA) is 54.9 Å². The summed E-state index contributed by atoms with van der Waals surface area (Å²) in [6.45, 7) is 3.75. The van der Waals surface area contributed by atoms with Gasteiger partial charge in [-0.3, -0.25) is 4.79 Å². The average Bonchev–Trinajstić information content (AvgIpc) is 2.04. The summed E-state index contributed by atoms with van der Waals surface area (Å²) in [6.07, 6.45) is 3.00. The third-order valence-corrected chi connectivity index (χ3v) is 1.52. The predicted molar refractivity (Wildman–Crippen MR) is 50.3 cm³/mol. The molecule has 1 N–H and O–H groups in total. The highest BCUT2D eigenvalue weighted by Crippen LogP contribution is 2.02. The first-order chi connectivity index (χ1) is 6.22. The number of nitrogens with one attached hydrogen (secondary N) is 1. The van der Waals surface area contributed by atoms with Gasteiger partial charge in [0.25, 0.3) is 0 Å². The summed E-state index contributed by atoms with van der Waals surface area (Å²) >= 11 is 0. The van der Waals surface area contributed by atoms with Crippen molar-refractivity contribution in [3.63, 3.8) is 0 Å². The standard InChI is InChI=1S/C9H13N3O/c1-3-4-9(13)12-8-5-6-10-7(2)11-8/h5-6H,3-4H2,1-2H3,(H,10,11,12,13). The monoisotopic (exact) mass is 179 g/mol. The van der Waals surface area contributed by atoms with Gasteiger partial charge in [-0.2, -0.15) is 0 Å². The second-order valence-corrected chi connectivity index (χ2v) is 2.79. The summed E-state index contributed by atoms with van der Waals surface area (Å²) in [6, 6.07) is 1.68. The van der Waals surface area contributed by atoms with Crippen molar-refractivity contribution in [3.05, 3.63) is 18.1 Å². The van der Waals surface area contributed by atoms with E-state index in [1.54, 1.807) is 19.2 Å². The zero-order valence-corrected chi connectivity index (χ0v) is 7.87. The van der Waals surface area contributed by atoms with Gasteiger partial charge in [-0.05, 0) is 19.4 Å². The predicted octanol–water partition coefficient (Wildman–Crippen LogP) is 1.52. The van der Waals surface area contributed by atoms with E-state index in [-0.39, 0.29) is 5.91 Å². The van der Waals surface area contributed by atoms with Gasteiger partial charge in [0.15, 0.2) is 0 Å². The van der Waals surface area contributed by atoms with Gasteiger partial charge in [0.05, 0.1) is 0 Å². The molecule has 0 fully saturated rings. The molecular formula is C9H13N3O. The Balaban J connectivity index is 2.58. The maximum absolute atomic E-state index is 11.2. The zero-order chi connectivity index (χ0) is 9.68. The molecule has 0 saturated heterocycles. The lowest BCUT2D eigenvalue weighted by Crippen LogP contribution is -2.12. The fraction of sp³-hybridized carbons (Fsp3) is 0.444. The summed E-state index contributed by atoms with van der Waals surface area (Å²) in [7, 11) is 0. The number of nitrogens with zero attached hydrogens (tertiary/aromatic N) is 2. The molecule has 70 valence electrons. The van der Waals surface area contributed by atoms with Gasteiger partial charge < -0.3 is 5.32 Å². The van der Waals surface area contributed by atoms with Gasteiger partial charge >= 0.3 is 0 Å². The van der Waals surface area contributed by atoms with Gasteiger partial charge in [0.2, 0.25) is 5.91 Å².